The molecule has 114 valence electrons. The maximum absolute atomic E-state index is 11.9. The summed E-state index contributed by atoms with van der Waals surface area (Å²) < 4.78 is 17.4. The molecular formula is C16H14INO4. The van der Waals surface area contributed by atoms with E-state index in [1.807, 2.05) is 24.3 Å². The van der Waals surface area contributed by atoms with Gasteiger partial charge in [0.05, 0.1) is 0 Å². The molecule has 0 radical (unpaired) electrons. The molecule has 2 aromatic rings. The number of ether oxygens (including phenoxy) is 3. The van der Waals surface area contributed by atoms with Crippen molar-refractivity contribution in [1.82, 2.24) is 0 Å². The first kappa shape index (κ1) is 15.0. The third-order valence-electron chi connectivity index (χ3n) is 2.99. The van der Waals surface area contributed by atoms with Crippen LogP contribution in [-0.4, -0.2) is 25.7 Å². The molecule has 0 unspecified atom stereocenters. The molecule has 1 N–H and O–H groups in total. The van der Waals surface area contributed by atoms with Crippen molar-refractivity contribution >= 4 is 34.2 Å². The van der Waals surface area contributed by atoms with Crippen molar-refractivity contribution in [1.29, 1.82) is 0 Å². The Morgan fingerprint density at radius 1 is 1.14 bits per heavy atom. The van der Waals surface area contributed by atoms with Crippen LogP contribution in [0.15, 0.2) is 42.5 Å². The molecule has 1 heterocycles. The molecule has 1 aliphatic rings. The quantitative estimate of drug-likeness (QED) is 0.786. The molecule has 0 atom stereocenters. The summed E-state index contributed by atoms with van der Waals surface area (Å²) in [6, 6.07) is 12.8. The molecule has 0 saturated heterocycles. The number of carbonyl (C=O) groups is 1. The fraction of sp³-hybridized carbons (Fsp3) is 0.188. The molecule has 6 heteroatoms. The molecule has 0 spiro atoms. The van der Waals surface area contributed by atoms with Gasteiger partial charge in [-0.05, 0) is 52.9 Å². The highest BCUT2D eigenvalue weighted by atomic mass is 127. The SMILES string of the molecule is O=C(COc1cccc(I)c1)Nc1ccc2c(c1)OCCO2. The van der Waals surface area contributed by atoms with Gasteiger partial charge < -0.3 is 19.5 Å². The topological polar surface area (TPSA) is 56.8 Å². The van der Waals surface area contributed by atoms with Gasteiger partial charge >= 0.3 is 0 Å². The second-order valence-corrected chi connectivity index (χ2v) is 5.90. The zero-order valence-electron chi connectivity index (χ0n) is 11.7. The average molecular weight is 411 g/mol. The third-order valence-corrected chi connectivity index (χ3v) is 3.66. The second kappa shape index (κ2) is 6.87. The minimum atomic E-state index is -0.226. The first-order valence-electron chi connectivity index (χ1n) is 6.78. The van der Waals surface area contributed by atoms with E-state index in [0.29, 0.717) is 36.1 Å². The van der Waals surface area contributed by atoms with Crippen molar-refractivity contribution in [2.45, 2.75) is 0 Å². The van der Waals surface area contributed by atoms with Gasteiger partial charge in [-0.1, -0.05) is 6.07 Å². The molecular weight excluding hydrogens is 397 g/mol. The summed E-state index contributed by atoms with van der Waals surface area (Å²) in [5.41, 5.74) is 0.653. The van der Waals surface area contributed by atoms with Crippen molar-refractivity contribution in [2.75, 3.05) is 25.1 Å². The first-order chi connectivity index (χ1) is 10.7. The number of carbonyl (C=O) groups excluding carboxylic acids is 1. The number of halogens is 1. The summed E-state index contributed by atoms with van der Waals surface area (Å²) in [5, 5.41) is 2.78. The average Bonchev–Trinajstić information content (AvgIpc) is 2.53. The van der Waals surface area contributed by atoms with Crippen LogP contribution in [0.2, 0.25) is 0 Å². The van der Waals surface area contributed by atoms with E-state index in [2.05, 4.69) is 27.9 Å². The molecule has 3 rings (SSSR count). The Hall–Kier alpha value is -1.96. The van der Waals surface area contributed by atoms with Crippen LogP contribution in [0.1, 0.15) is 0 Å². The maximum atomic E-state index is 11.9. The predicted molar refractivity (Wildman–Crippen MR) is 90.7 cm³/mol. The molecule has 0 bridgehead atoms. The largest absolute Gasteiger partial charge is 0.486 e. The van der Waals surface area contributed by atoms with Gasteiger partial charge in [0.25, 0.3) is 5.91 Å². The van der Waals surface area contributed by atoms with E-state index in [-0.39, 0.29) is 12.5 Å². The molecule has 0 aromatic heterocycles. The fourth-order valence-corrected chi connectivity index (χ4v) is 2.54. The highest BCUT2D eigenvalue weighted by Crippen LogP contribution is 2.32. The number of nitrogens with one attached hydrogen (secondary N) is 1. The predicted octanol–water partition coefficient (Wildman–Crippen LogP) is 3.08. The summed E-state index contributed by atoms with van der Waals surface area (Å²) in [4.78, 5) is 11.9. The number of anilines is 1. The van der Waals surface area contributed by atoms with E-state index in [1.54, 1.807) is 18.2 Å². The van der Waals surface area contributed by atoms with E-state index in [4.69, 9.17) is 14.2 Å². The Morgan fingerprint density at radius 3 is 2.77 bits per heavy atom. The van der Waals surface area contributed by atoms with E-state index in [1.165, 1.54) is 0 Å². The van der Waals surface area contributed by atoms with Gasteiger partial charge in [-0.3, -0.25) is 4.79 Å². The van der Waals surface area contributed by atoms with Gasteiger partial charge in [-0.25, -0.2) is 0 Å². The standard InChI is InChI=1S/C16H14INO4/c17-11-2-1-3-13(8-11)22-10-16(19)18-12-4-5-14-15(9-12)21-7-6-20-14/h1-5,8-9H,6-7,10H2,(H,18,19). The number of rotatable bonds is 4. The molecule has 1 amide bonds. The monoisotopic (exact) mass is 411 g/mol. The van der Waals surface area contributed by atoms with Crippen LogP contribution >= 0.6 is 22.6 Å². The van der Waals surface area contributed by atoms with Crippen molar-refractivity contribution < 1.29 is 19.0 Å². The van der Waals surface area contributed by atoms with Gasteiger partial charge in [0.1, 0.15) is 19.0 Å². The second-order valence-electron chi connectivity index (χ2n) is 4.65. The van der Waals surface area contributed by atoms with Crippen LogP contribution in [0.5, 0.6) is 17.2 Å². The molecule has 5 nitrogen and oxygen atoms in total. The Labute approximate surface area is 141 Å². The van der Waals surface area contributed by atoms with Crippen LogP contribution in [-0.2, 0) is 4.79 Å². The van der Waals surface area contributed by atoms with Gasteiger partial charge in [0.2, 0.25) is 0 Å². The number of fused-ring (bicyclic) bond motifs is 1. The number of amides is 1. The van der Waals surface area contributed by atoms with Crippen molar-refractivity contribution in [3.05, 3.63) is 46.0 Å². The Kier molecular flexibility index (Phi) is 4.67. The van der Waals surface area contributed by atoms with E-state index in [9.17, 15) is 4.79 Å². The van der Waals surface area contributed by atoms with Crippen LogP contribution in [0.3, 0.4) is 0 Å². The molecule has 0 aliphatic carbocycles. The zero-order chi connectivity index (χ0) is 15.4. The molecule has 22 heavy (non-hydrogen) atoms. The molecule has 2 aromatic carbocycles. The Balaban J connectivity index is 1.57. The first-order valence-corrected chi connectivity index (χ1v) is 7.86. The van der Waals surface area contributed by atoms with Crippen molar-refractivity contribution in [3.8, 4) is 17.2 Å². The van der Waals surface area contributed by atoms with Crippen LogP contribution in [0.4, 0.5) is 5.69 Å². The minimum Gasteiger partial charge on any atom is -0.486 e. The minimum absolute atomic E-state index is 0.0471. The van der Waals surface area contributed by atoms with Crippen LogP contribution in [0.25, 0.3) is 0 Å². The number of benzene rings is 2. The van der Waals surface area contributed by atoms with Gasteiger partial charge in [0.15, 0.2) is 18.1 Å². The van der Waals surface area contributed by atoms with E-state index in [0.717, 1.165) is 3.57 Å². The zero-order valence-corrected chi connectivity index (χ0v) is 13.8. The number of hydrogen-bond acceptors (Lipinski definition) is 4. The third kappa shape index (κ3) is 3.82. The van der Waals surface area contributed by atoms with Gasteiger partial charge in [-0.2, -0.15) is 0 Å². The maximum Gasteiger partial charge on any atom is 0.262 e. The van der Waals surface area contributed by atoms with Crippen molar-refractivity contribution in [2.24, 2.45) is 0 Å². The van der Waals surface area contributed by atoms with Gasteiger partial charge in [-0.15, -0.1) is 0 Å². The van der Waals surface area contributed by atoms with Gasteiger partial charge in [0, 0.05) is 15.3 Å². The van der Waals surface area contributed by atoms with E-state index >= 15 is 0 Å². The molecule has 0 fully saturated rings. The highest BCUT2D eigenvalue weighted by Gasteiger charge is 2.13. The Morgan fingerprint density at radius 2 is 1.95 bits per heavy atom. The lowest BCUT2D eigenvalue weighted by Gasteiger charge is -2.19. The molecule has 1 aliphatic heterocycles. The summed E-state index contributed by atoms with van der Waals surface area (Å²) in [6.07, 6.45) is 0. The lowest BCUT2D eigenvalue weighted by atomic mass is 10.2. The highest BCUT2D eigenvalue weighted by molar-refractivity contribution is 14.1. The molecule has 0 saturated carbocycles. The van der Waals surface area contributed by atoms with E-state index < -0.39 is 0 Å². The fourth-order valence-electron chi connectivity index (χ4n) is 2.02. The summed E-state index contributed by atoms with van der Waals surface area (Å²) in [6.45, 7) is 1.01. The smallest absolute Gasteiger partial charge is 0.262 e. The lowest BCUT2D eigenvalue weighted by molar-refractivity contribution is -0.118. The summed E-state index contributed by atoms with van der Waals surface area (Å²) in [5.74, 6) is 1.78. The van der Waals surface area contributed by atoms with Crippen molar-refractivity contribution in [3.63, 3.8) is 0 Å². The van der Waals surface area contributed by atoms with Crippen LogP contribution < -0.4 is 19.5 Å². The normalized spacial score (nSPS) is 12.6. The summed E-state index contributed by atoms with van der Waals surface area (Å²) in [7, 11) is 0. The van der Waals surface area contributed by atoms with Crippen LogP contribution in [0, 0.1) is 3.57 Å². The summed E-state index contributed by atoms with van der Waals surface area (Å²) >= 11 is 2.19. The number of hydrogen-bond donors (Lipinski definition) is 1. The lowest BCUT2D eigenvalue weighted by Crippen LogP contribution is -2.20. The Bertz CT molecular complexity index is 690.